The molecule has 9 heteroatoms. The smallest absolute Gasteiger partial charge is 0.286 e. The van der Waals surface area contributed by atoms with Gasteiger partial charge in [0.05, 0.1) is 0 Å². The SMILES string of the molecule is O=C(Nc1ccccc1)c1nnc(CCC(=O)N2CCN(c3ccccn3)CC2)s1. The highest BCUT2D eigenvalue weighted by atomic mass is 32.1. The van der Waals surface area contributed by atoms with Crippen LogP contribution in [0.3, 0.4) is 0 Å². The van der Waals surface area contributed by atoms with E-state index >= 15 is 0 Å². The van der Waals surface area contributed by atoms with E-state index < -0.39 is 0 Å². The van der Waals surface area contributed by atoms with Gasteiger partial charge < -0.3 is 15.1 Å². The molecule has 4 rings (SSSR count). The fraction of sp³-hybridized carbons (Fsp3) is 0.286. The Morgan fingerprint density at radius 3 is 2.47 bits per heavy atom. The van der Waals surface area contributed by atoms with Gasteiger partial charge in [0.1, 0.15) is 10.8 Å². The van der Waals surface area contributed by atoms with Crippen LogP contribution in [0.1, 0.15) is 21.2 Å². The van der Waals surface area contributed by atoms with Crippen molar-refractivity contribution in [1.29, 1.82) is 0 Å². The maximum absolute atomic E-state index is 12.6. The van der Waals surface area contributed by atoms with Crippen molar-refractivity contribution in [1.82, 2.24) is 20.1 Å². The molecule has 3 aromatic rings. The first-order chi connectivity index (χ1) is 14.7. The Labute approximate surface area is 178 Å². The summed E-state index contributed by atoms with van der Waals surface area (Å²) < 4.78 is 0. The molecule has 1 saturated heterocycles. The molecular formula is C21H22N6O2S. The van der Waals surface area contributed by atoms with E-state index in [9.17, 15) is 9.59 Å². The second-order valence-electron chi connectivity index (χ2n) is 6.88. The highest BCUT2D eigenvalue weighted by Crippen LogP contribution is 2.16. The topological polar surface area (TPSA) is 91.3 Å². The number of pyridine rings is 1. The summed E-state index contributed by atoms with van der Waals surface area (Å²) in [5.41, 5.74) is 0.708. The fourth-order valence-electron chi connectivity index (χ4n) is 3.25. The van der Waals surface area contributed by atoms with Gasteiger partial charge in [-0.3, -0.25) is 9.59 Å². The average Bonchev–Trinajstić information content (AvgIpc) is 3.28. The van der Waals surface area contributed by atoms with Gasteiger partial charge in [-0.05, 0) is 24.3 Å². The van der Waals surface area contributed by atoms with Crippen LogP contribution in [0.15, 0.2) is 54.7 Å². The normalized spacial score (nSPS) is 13.9. The van der Waals surface area contributed by atoms with Crippen molar-refractivity contribution in [3.05, 3.63) is 64.7 Å². The minimum absolute atomic E-state index is 0.0983. The van der Waals surface area contributed by atoms with E-state index in [1.54, 1.807) is 6.20 Å². The van der Waals surface area contributed by atoms with Gasteiger partial charge in [0.25, 0.3) is 5.91 Å². The van der Waals surface area contributed by atoms with Gasteiger partial charge >= 0.3 is 0 Å². The first kappa shape index (κ1) is 20.0. The number of hydrogen-bond donors (Lipinski definition) is 1. The lowest BCUT2D eigenvalue weighted by Gasteiger charge is -2.35. The Balaban J connectivity index is 1.24. The molecule has 0 unspecified atom stereocenters. The average molecular weight is 423 g/mol. The van der Waals surface area contributed by atoms with E-state index in [-0.39, 0.29) is 11.8 Å². The molecule has 0 spiro atoms. The fourth-order valence-corrected chi connectivity index (χ4v) is 3.98. The maximum atomic E-state index is 12.6. The van der Waals surface area contributed by atoms with Crippen molar-refractivity contribution >= 4 is 34.7 Å². The minimum atomic E-state index is -0.290. The lowest BCUT2D eigenvalue weighted by atomic mass is 10.2. The summed E-state index contributed by atoms with van der Waals surface area (Å²) in [7, 11) is 0. The van der Waals surface area contributed by atoms with Gasteiger partial charge in [-0.25, -0.2) is 4.98 Å². The number of para-hydroxylation sites is 1. The molecule has 0 saturated carbocycles. The molecule has 1 aliphatic rings. The number of aromatic nitrogens is 3. The molecule has 0 atom stereocenters. The summed E-state index contributed by atoms with van der Waals surface area (Å²) in [5.74, 6) is 0.753. The van der Waals surface area contributed by atoms with E-state index in [0.29, 0.717) is 41.6 Å². The Morgan fingerprint density at radius 1 is 0.967 bits per heavy atom. The predicted molar refractivity (Wildman–Crippen MR) is 116 cm³/mol. The molecule has 3 heterocycles. The largest absolute Gasteiger partial charge is 0.353 e. The van der Waals surface area contributed by atoms with Crippen LogP contribution in [0.2, 0.25) is 0 Å². The number of carbonyl (C=O) groups excluding carboxylic acids is 2. The van der Waals surface area contributed by atoms with Crippen LogP contribution in [-0.2, 0) is 11.2 Å². The predicted octanol–water partition coefficient (Wildman–Crippen LogP) is 2.47. The van der Waals surface area contributed by atoms with Crippen molar-refractivity contribution in [2.75, 3.05) is 36.4 Å². The van der Waals surface area contributed by atoms with Crippen molar-refractivity contribution in [3.63, 3.8) is 0 Å². The number of carbonyl (C=O) groups is 2. The van der Waals surface area contributed by atoms with Crippen molar-refractivity contribution < 1.29 is 9.59 Å². The number of nitrogens with zero attached hydrogens (tertiary/aromatic N) is 5. The van der Waals surface area contributed by atoms with E-state index in [0.717, 1.165) is 18.9 Å². The zero-order valence-corrected chi connectivity index (χ0v) is 17.2. The van der Waals surface area contributed by atoms with Gasteiger partial charge in [0, 0.05) is 50.9 Å². The number of piperazine rings is 1. The molecule has 0 aliphatic carbocycles. The summed E-state index contributed by atoms with van der Waals surface area (Å²) in [5, 5.41) is 11.8. The van der Waals surface area contributed by atoms with Crippen LogP contribution in [0.5, 0.6) is 0 Å². The molecule has 30 heavy (non-hydrogen) atoms. The maximum Gasteiger partial charge on any atom is 0.286 e. The van der Waals surface area contributed by atoms with Crippen LogP contribution in [0.25, 0.3) is 0 Å². The quantitative estimate of drug-likeness (QED) is 0.656. The van der Waals surface area contributed by atoms with Crippen LogP contribution in [0.4, 0.5) is 11.5 Å². The van der Waals surface area contributed by atoms with Gasteiger partial charge in [-0.1, -0.05) is 35.6 Å². The number of nitrogens with one attached hydrogen (secondary N) is 1. The Kier molecular flexibility index (Phi) is 6.29. The summed E-state index contributed by atoms with van der Waals surface area (Å²) in [6.45, 7) is 2.89. The van der Waals surface area contributed by atoms with E-state index in [1.807, 2.05) is 53.4 Å². The third-order valence-corrected chi connectivity index (χ3v) is 5.83. The summed E-state index contributed by atoms with van der Waals surface area (Å²) in [4.78, 5) is 33.3. The molecule has 1 N–H and O–H groups in total. The lowest BCUT2D eigenvalue weighted by molar-refractivity contribution is -0.131. The number of aryl methyl sites for hydroxylation is 1. The van der Waals surface area contributed by atoms with Crippen LogP contribution >= 0.6 is 11.3 Å². The van der Waals surface area contributed by atoms with Crippen LogP contribution in [-0.4, -0.2) is 58.1 Å². The van der Waals surface area contributed by atoms with E-state index in [1.165, 1.54) is 11.3 Å². The molecule has 1 aromatic carbocycles. The first-order valence-corrected chi connectivity index (χ1v) is 10.6. The third-order valence-electron chi connectivity index (χ3n) is 4.85. The van der Waals surface area contributed by atoms with E-state index in [4.69, 9.17) is 0 Å². The zero-order valence-electron chi connectivity index (χ0n) is 16.4. The molecular weight excluding hydrogens is 400 g/mol. The summed E-state index contributed by atoms with van der Waals surface area (Å²) >= 11 is 1.23. The summed E-state index contributed by atoms with van der Waals surface area (Å²) in [6, 6.07) is 15.1. The van der Waals surface area contributed by atoms with Gasteiger partial charge in [0.15, 0.2) is 0 Å². The Morgan fingerprint density at radius 2 is 1.73 bits per heavy atom. The van der Waals surface area contributed by atoms with Gasteiger partial charge in [-0.2, -0.15) is 0 Å². The van der Waals surface area contributed by atoms with Crippen molar-refractivity contribution in [3.8, 4) is 0 Å². The minimum Gasteiger partial charge on any atom is -0.353 e. The second kappa shape index (κ2) is 9.45. The molecule has 2 aromatic heterocycles. The lowest BCUT2D eigenvalue weighted by Crippen LogP contribution is -2.49. The number of benzene rings is 1. The number of hydrogen-bond acceptors (Lipinski definition) is 7. The molecule has 2 amide bonds. The van der Waals surface area contributed by atoms with Crippen LogP contribution < -0.4 is 10.2 Å². The second-order valence-corrected chi connectivity index (χ2v) is 7.94. The van der Waals surface area contributed by atoms with Gasteiger partial charge in [0.2, 0.25) is 10.9 Å². The molecule has 8 nitrogen and oxygen atoms in total. The Hall–Kier alpha value is -3.33. The first-order valence-electron chi connectivity index (χ1n) is 9.81. The standard InChI is InChI=1S/C21H22N6O2S/c28-19(27-14-12-26(13-15-27)17-8-4-5-11-22-17)10-9-18-24-25-21(30-18)20(29)23-16-6-2-1-3-7-16/h1-8,11H,9-10,12-15H2,(H,23,29). The number of amides is 2. The monoisotopic (exact) mass is 422 g/mol. The highest BCUT2D eigenvalue weighted by Gasteiger charge is 2.22. The highest BCUT2D eigenvalue weighted by molar-refractivity contribution is 7.13. The molecule has 0 bridgehead atoms. The molecule has 1 aliphatic heterocycles. The zero-order chi connectivity index (χ0) is 20.8. The molecule has 1 fully saturated rings. The molecule has 0 radical (unpaired) electrons. The number of anilines is 2. The Bertz CT molecular complexity index is 987. The van der Waals surface area contributed by atoms with Crippen molar-refractivity contribution in [2.45, 2.75) is 12.8 Å². The van der Waals surface area contributed by atoms with Crippen LogP contribution in [0, 0.1) is 0 Å². The summed E-state index contributed by atoms with van der Waals surface area (Å²) in [6.07, 6.45) is 2.62. The molecule has 154 valence electrons. The number of rotatable bonds is 6. The van der Waals surface area contributed by atoms with Crippen molar-refractivity contribution in [2.24, 2.45) is 0 Å². The van der Waals surface area contributed by atoms with E-state index in [2.05, 4.69) is 25.4 Å². The van der Waals surface area contributed by atoms with Gasteiger partial charge in [-0.15, -0.1) is 10.2 Å². The third kappa shape index (κ3) is 4.98.